The maximum atomic E-state index is 11.3. The summed E-state index contributed by atoms with van der Waals surface area (Å²) in [5.41, 5.74) is 0.690. The Morgan fingerprint density at radius 2 is 2.24 bits per heavy atom. The van der Waals surface area contributed by atoms with Crippen LogP contribution < -0.4 is 0 Å². The van der Waals surface area contributed by atoms with Crippen molar-refractivity contribution < 1.29 is 18.6 Å². The van der Waals surface area contributed by atoms with Gasteiger partial charge in [0.25, 0.3) is 0 Å². The van der Waals surface area contributed by atoms with E-state index in [1.54, 1.807) is 6.20 Å². The van der Waals surface area contributed by atoms with Crippen molar-refractivity contribution >= 4 is 9.84 Å². The van der Waals surface area contributed by atoms with E-state index in [2.05, 4.69) is 10.3 Å². The van der Waals surface area contributed by atoms with Gasteiger partial charge in [-0.2, -0.15) is 0 Å². The molecule has 0 spiro atoms. The van der Waals surface area contributed by atoms with Gasteiger partial charge < -0.3 is 10.2 Å². The molecule has 96 valence electrons. The Balaban J connectivity index is 2.10. The Morgan fingerprint density at radius 3 is 2.82 bits per heavy atom. The average molecular weight is 261 g/mol. The number of aliphatic hydroxyl groups is 2. The fourth-order valence-corrected chi connectivity index (χ4v) is 3.69. The first-order chi connectivity index (χ1) is 8.02. The van der Waals surface area contributed by atoms with Crippen LogP contribution in [0.1, 0.15) is 18.2 Å². The third-order valence-electron chi connectivity index (χ3n) is 2.78. The van der Waals surface area contributed by atoms with Crippen molar-refractivity contribution in [2.45, 2.75) is 25.0 Å². The minimum atomic E-state index is -3.18. The van der Waals surface area contributed by atoms with Gasteiger partial charge in [-0.3, -0.25) is 0 Å². The minimum Gasteiger partial charge on any atom is -0.396 e. The van der Waals surface area contributed by atoms with E-state index in [9.17, 15) is 13.5 Å². The Hall–Kier alpha value is -0.990. The smallest absolute Gasteiger partial charge is 0.155 e. The summed E-state index contributed by atoms with van der Waals surface area (Å²) in [5.74, 6) is -0.319. The topological polar surface area (TPSA) is 105 Å². The highest BCUT2D eigenvalue weighted by molar-refractivity contribution is 7.91. The molecule has 1 saturated heterocycles. The first-order valence-electron chi connectivity index (χ1n) is 5.42. The highest BCUT2D eigenvalue weighted by Gasteiger charge is 2.38. The lowest BCUT2D eigenvalue weighted by Gasteiger charge is -2.11. The summed E-state index contributed by atoms with van der Waals surface area (Å²) < 4.78 is 24.1. The second kappa shape index (κ2) is 4.71. The fraction of sp³-hybridized carbons (Fsp3) is 0.778. The third-order valence-corrected chi connectivity index (χ3v) is 4.48. The van der Waals surface area contributed by atoms with Crippen LogP contribution in [0.4, 0.5) is 0 Å². The van der Waals surface area contributed by atoms with Crippen molar-refractivity contribution in [1.29, 1.82) is 0 Å². The Kier molecular flexibility index (Phi) is 3.45. The molecular weight excluding hydrogens is 246 g/mol. The Bertz CT molecular complexity index is 484. The van der Waals surface area contributed by atoms with Gasteiger partial charge in [-0.1, -0.05) is 5.21 Å². The van der Waals surface area contributed by atoms with E-state index >= 15 is 0 Å². The number of rotatable bonds is 4. The Morgan fingerprint density at radius 1 is 1.47 bits per heavy atom. The van der Waals surface area contributed by atoms with E-state index in [1.807, 2.05) is 0 Å². The van der Waals surface area contributed by atoms with Gasteiger partial charge in [0.2, 0.25) is 0 Å². The summed E-state index contributed by atoms with van der Waals surface area (Å²) in [6, 6.07) is -0.546. The summed E-state index contributed by atoms with van der Waals surface area (Å²) in [7, 11) is -3.18. The van der Waals surface area contributed by atoms with Gasteiger partial charge in [-0.25, -0.2) is 13.1 Å². The molecule has 7 nitrogen and oxygen atoms in total. The van der Waals surface area contributed by atoms with Crippen LogP contribution in [0.3, 0.4) is 0 Å². The van der Waals surface area contributed by atoms with Crippen LogP contribution in [-0.4, -0.2) is 57.8 Å². The molecule has 0 aliphatic carbocycles. The number of aliphatic hydroxyl groups excluding tert-OH is 2. The number of sulfone groups is 1. The molecule has 2 rings (SSSR count). The van der Waals surface area contributed by atoms with E-state index in [1.165, 1.54) is 4.68 Å². The lowest BCUT2D eigenvalue weighted by atomic mass is 10.2. The third kappa shape index (κ3) is 2.82. The van der Waals surface area contributed by atoms with Crippen LogP contribution in [0.5, 0.6) is 0 Å². The van der Waals surface area contributed by atoms with Crippen LogP contribution in [-0.2, 0) is 16.3 Å². The largest absolute Gasteiger partial charge is 0.396 e. The highest BCUT2D eigenvalue weighted by Crippen LogP contribution is 2.23. The Labute approximate surface area is 99.0 Å². The minimum absolute atomic E-state index is 0.0767. The summed E-state index contributed by atoms with van der Waals surface area (Å²) in [6.45, 7) is 0.0767. The lowest BCUT2D eigenvalue weighted by Crippen LogP contribution is -2.22. The fourth-order valence-electron chi connectivity index (χ4n) is 1.91. The second-order valence-electron chi connectivity index (χ2n) is 4.23. The number of aryl methyl sites for hydroxylation is 1. The van der Waals surface area contributed by atoms with Crippen molar-refractivity contribution in [2.24, 2.45) is 0 Å². The first-order valence-corrected chi connectivity index (χ1v) is 7.24. The first kappa shape index (κ1) is 12.5. The monoisotopic (exact) mass is 261 g/mol. The zero-order chi connectivity index (χ0) is 12.5. The molecule has 0 amide bonds. The maximum absolute atomic E-state index is 11.3. The molecule has 0 saturated carbocycles. The van der Waals surface area contributed by atoms with Gasteiger partial charge in [-0.05, 0) is 12.8 Å². The van der Waals surface area contributed by atoms with Crippen LogP contribution in [0.2, 0.25) is 0 Å². The van der Waals surface area contributed by atoms with Crippen LogP contribution in [0.15, 0.2) is 6.20 Å². The normalized spacial score (nSPS) is 27.4. The molecule has 2 heterocycles. The molecule has 1 aromatic heterocycles. The van der Waals surface area contributed by atoms with Gasteiger partial charge in [-0.15, -0.1) is 5.10 Å². The van der Waals surface area contributed by atoms with Gasteiger partial charge in [0.1, 0.15) is 0 Å². The molecule has 1 aliphatic rings. The summed E-state index contributed by atoms with van der Waals surface area (Å²) >= 11 is 0. The van der Waals surface area contributed by atoms with Crippen molar-refractivity contribution in [2.75, 3.05) is 18.1 Å². The predicted molar refractivity (Wildman–Crippen MR) is 59.1 cm³/mol. The van der Waals surface area contributed by atoms with E-state index in [-0.39, 0.29) is 18.1 Å². The van der Waals surface area contributed by atoms with Gasteiger partial charge in [0, 0.05) is 12.8 Å². The molecule has 2 N–H and O–H groups in total. The molecule has 17 heavy (non-hydrogen) atoms. The van der Waals surface area contributed by atoms with Crippen molar-refractivity contribution in [3.63, 3.8) is 0 Å². The lowest BCUT2D eigenvalue weighted by molar-refractivity contribution is 0.145. The van der Waals surface area contributed by atoms with E-state index in [4.69, 9.17) is 5.11 Å². The van der Waals surface area contributed by atoms with E-state index < -0.39 is 22.0 Å². The molecule has 0 radical (unpaired) electrons. The van der Waals surface area contributed by atoms with Gasteiger partial charge in [0.15, 0.2) is 9.84 Å². The zero-order valence-corrected chi connectivity index (χ0v) is 10.0. The molecule has 2 unspecified atom stereocenters. The summed E-state index contributed by atoms with van der Waals surface area (Å²) in [6.07, 6.45) is 1.88. The number of hydrogen-bond donors (Lipinski definition) is 2. The molecular formula is C9H15N3O4S. The van der Waals surface area contributed by atoms with Crippen LogP contribution >= 0.6 is 0 Å². The SMILES string of the molecule is O=S1(=O)CC(O)C(n2cc(CCCO)nn2)C1. The molecule has 1 fully saturated rings. The standard InChI is InChI=1S/C9H15N3O4S/c13-3-1-2-7-4-12(11-10-7)8-5-17(15,16)6-9(8)14/h4,8-9,13-14H,1-3,5-6H2. The van der Waals surface area contributed by atoms with Crippen LogP contribution in [0, 0.1) is 0 Å². The van der Waals surface area contributed by atoms with Crippen molar-refractivity contribution in [1.82, 2.24) is 15.0 Å². The highest BCUT2D eigenvalue weighted by atomic mass is 32.2. The molecule has 8 heteroatoms. The number of aromatic nitrogens is 3. The van der Waals surface area contributed by atoms with Crippen molar-refractivity contribution in [3.05, 3.63) is 11.9 Å². The van der Waals surface area contributed by atoms with E-state index in [0.29, 0.717) is 18.5 Å². The van der Waals surface area contributed by atoms with Crippen LogP contribution in [0.25, 0.3) is 0 Å². The summed E-state index contributed by atoms with van der Waals surface area (Å²) in [5, 5.41) is 26.0. The quantitative estimate of drug-likeness (QED) is 0.686. The molecule has 1 aromatic rings. The molecule has 1 aliphatic heterocycles. The molecule has 2 atom stereocenters. The summed E-state index contributed by atoms with van der Waals surface area (Å²) in [4.78, 5) is 0. The van der Waals surface area contributed by atoms with Crippen molar-refractivity contribution in [3.8, 4) is 0 Å². The van der Waals surface area contributed by atoms with E-state index in [0.717, 1.165) is 0 Å². The second-order valence-corrected chi connectivity index (χ2v) is 6.38. The molecule has 0 aromatic carbocycles. The van der Waals surface area contributed by atoms with Gasteiger partial charge in [0.05, 0.1) is 29.3 Å². The average Bonchev–Trinajstić information content (AvgIpc) is 2.79. The zero-order valence-electron chi connectivity index (χ0n) is 9.23. The van der Waals surface area contributed by atoms with Gasteiger partial charge >= 0.3 is 0 Å². The maximum Gasteiger partial charge on any atom is 0.155 e. The predicted octanol–water partition coefficient (Wildman–Crippen LogP) is -1.47. The number of nitrogens with zero attached hydrogens (tertiary/aromatic N) is 3. The number of hydrogen-bond acceptors (Lipinski definition) is 6. The molecule has 0 bridgehead atoms.